The number of rotatable bonds is 3. The molecule has 2 rings (SSSR count). The fourth-order valence-electron chi connectivity index (χ4n) is 2.44. The largest absolute Gasteiger partial charge is 0.352 e. The Labute approximate surface area is 127 Å². The summed E-state index contributed by atoms with van der Waals surface area (Å²) < 4.78 is 26.4. The second-order valence-corrected chi connectivity index (χ2v) is 5.57. The topological polar surface area (TPSA) is 61.4 Å². The number of carbonyl (C=O) groups excluding carboxylic acids is 2. The number of nitrogens with one attached hydrogen (secondary N) is 2. The third-order valence-electron chi connectivity index (χ3n) is 3.42. The lowest BCUT2D eigenvalue weighted by atomic mass is 10.2. The molecule has 1 aliphatic heterocycles. The fourth-order valence-corrected chi connectivity index (χ4v) is 2.44. The first kappa shape index (κ1) is 16.2. The van der Waals surface area contributed by atoms with Crippen LogP contribution in [0.3, 0.4) is 0 Å². The molecule has 0 radical (unpaired) electrons. The number of carbonyl (C=O) groups is 2. The molecule has 0 aliphatic carbocycles. The van der Waals surface area contributed by atoms with Gasteiger partial charge in [0.05, 0.1) is 5.69 Å². The van der Waals surface area contributed by atoms with Crippen LogP contribution in [0.15, 0.2) is 18.2 Å². The van der Waals surface area contributed by atoms with Crippen LogP contribution < -0.4 is 10.6 Å². The summed E-state index contributed by atoms with van der Waals surface area (Å²) in [7, 11) is 0. The molecule has 1 aromatic rings. The zero-order valence-electron chi connectivity index (χ0n) is 12.5. The Hall–Kier alpha value is -2.18. The monoisotopic (exact) mass is 311 g/mol. The molecule has 1 atom stereocenters. The third kappa shape index (κ3) is 3.72. The predicted molar refractivity (Wildman–Crippen MR) is 78.4 cm³/mol. The highest BCUT2D eigenvalue weighted by Gasteiger charge is 2.34. The second-order valence-electron chi connectivity index (χ2n) is 5.57. The highest BCUT2D eigenvalue weighted by molar-refractivity contribution is 5.94. The maximum absolute atomic E-state index is 13.6. The third-order valence-corrected chi connectivity index (χ3v) is 3.42. The van der Waals surface area contributed by atoms with E-state index >= 15 is 0 Å². The summed E-state index contributed by atoms with van der Waals surface area (Å²) in [5, 5.41) is 5.15. The van der Waals surface area contributed by atoms with E-state index in [0.29, 0.717) is 25.5 Å². The molecule has 1 aliphatic rings. The van der Waals surface area contributed by atoms with E-state index in [-0.39, 0.29) is 17.6 Å². The first-order valence-corrected chi connectivity index (χ1v) is 7.21. The molecule has 120 valence electrons. The number of benzene rings is 1. The van der Waals surface area contributed by atoms with Crippen LogP contribution >= 0.6 is 0 Å². The Kier molecular flexibility index (Phi) is 4.95. The van der Waals surface area contributed by atoms with Gasteiger partial charge in [0.15, 0.2) is 0 Å². The number of halogens is 2. The van der Waals surface area contributed by atoms with E-state index in [9.17, 15) is 18.4 Å². The van der Waals surface area contributed by atoms with E-state index in [1.807, 2.05) is 13.8 Å². The number of likely N-dealkylation sites (tertiary alicyclic amines) is 1. The lowest BCUT2D eigenvalue weighted by Gasteiger charge is -2.25. The molecular weight excluding hydrogens is 292 g/mol. The lowest BCUT2D eigenvalue weighted by Crippen LogP contribution is -2.49. The van der Waals surface area contributed by atoms with Gasteiger partial charge in [0, 0.05) is 18.7 Å². The standard InChI is InChI=1S/C15H19F2N3O2/c1-9(2)18-14(21)13-4-3-7-20(13)15(22)19-12-6-5-10(16)8-11(12)17/h5-6,8-9,13H,3-4,7H2,1-2H3,(H,18,21)(H,19,22). The van der Waals surface area contributed by atoms with E-state index in [1.54, 1.807) is 0 Å². The highest BCUT2D eigenvalue weighted by atomic mass is 19.1. The van der Waals surface area contributed by atoms with Crippen molar-refractivity contribution < 1.29 is 18.4 Å². The molecule has 1 fully saturated rings. The number of nitrogens with zero attached hydrogens (tertiary/aromatic N) is 1. The summed E-state index contributed by atoms with van der Waals surface area (Å²) in [6.07, 6.45) is 1.27. The summed E-state index contributed by atoms with van der Waals surface area (Å²) in [6, 6.07) is 1.76. The van der Waals surface area contributed by atoms with Gasteiger partial charge in [0.1, 0.15) is 17.7 Å². The van der Waals surface area contributed by atoms with Gasteiger partial charge in [-0.25, -0.2) is 13.6 Å². The van der Waals surface area contributed by atoms with Crippen molar-refractivity contribution in [3.63, 3.8) is 0 Å². The van der Waals surface area contributed by atoms with Gasteiger partial charge in [-0.2, -0.15) is 0 Å². The lowest BCUT2D eigenvalue weighted by molar-refractivity contribution is -0.125. The Morgan fingerprint density at radius 1 is 1.32 bits per heavy atom. The highest BCUT2D eigenvalue weighted by Crippen LogP contribution is 2.21. The van der Waals surface area contributed by atoms with Gasteiger partial charge in [-0.1, -0.05) is 0 Å². The SMILES string of the molecule is CC(C)NC(=O)C1CCCN1C(=O)Nc1ccc(F)cc1F. The average Bonchev–Trinajstić information content (AvgIpc) is 2.90. The van der Waals surface area contributed by atoms with Crippen LogP contribution in [0.4, 0.5) is 19.3 Å². The maximum Gasteiger partial charge on any atom is 0.322 e. The Morgan fingerprint density at radius 3 is 2.68 bits per heavy atom. The number of hydrogen-bond acceptors (Lipinski definition) is 2. The minimum Gasteiger partial charge on any atom is -0.352 e. The average molecular weight is 311 g/mol. The Balaban J connectivity index is 2.06. The number of amides is 3. The van der Waals surface area contributed by atoms with Crippen molar-refractivity contribution in [3.05, 3.63) is 29.8 Å². The summed E-state index contributed by atoms with van der Waals surface area (Å²) in [5.74, 6) is -1.79. The van der Waals surface area contributed by atoms with Gasteiger partial charge in [-0.3, -0.25) is 4.79 Å². The zero-order valence-corrected chi connectivity index (χ0v) is 12.5. The maximum atomic E-state index is 13.6. The minimum atomic E-state index is -0.851. The molecule has 3 amide bonds. The van der Waals surface area contributed by atoms with E-state index in [1.165, 1.54) is 4.90 Å². The van der Waals surface area contributed by atoms with Gasteiger partial charge in [0.2, 0.25) is 5.91 Å². The van der Waals surface area contributed by atoms with E-state index in [4.69, 9.17) is 0 Å². The van der Waals surface area contributed by atoms with E-state index < -0.39 is 23.7 Å². The van der Waals surface area contributed by atoms with Crippen LogP contribution in [0.1, 0.15) is 26.7 Å². The van der Waals surface area contributed by atoms with Gasteiger partial charge < -0.3 is 15.5 Å². The number of urea groups is 1. The molecule has 0 spiro atoms. The van der Waals surface area contributed by atoms with Gasteiger partial charge >= 0.3 is 6.03 Å². The van der Waals surface area contributed by atoms with Crippen LogP contribution in [-0.2, 0) is 4.79 Å². The molecule has 1 heterocycles. The fraction of sp³-hybridized carbons (Fsp3) is 0.467. The minimum absolute atomic E-state index is 0.0208. The Bertz CT molecular complexity index is 578. The smallest absolute Gasteiger partial charge is 0.322 e. The molecule has 1 saturated heterocycles. The van der Waals surface area contributed by atoms with Crippen molar-refractivity contribution in [1.29, 1.82) is 0 Å². The van der Waals surface area contributed by atoms with Crippen molar-refractivity contribution in [3.8, 4) is 0 Å². The molecule has 1 unspecified atom stereocenters. The van der Waals surface area contributed by atoms with Gasteiger partial charge in [0.25, 0.3) is 0 Å². The molecule has 0 aromatic heterocycles. The first-order chi connectivity index (χ1) is 10.4. The van der Waals surface area contributed by atoms with Crippen molar-refractivity contribution in [2.45, 2.75) is 38.8 Å². The molecule has 0 saturated carbocycles. The number of anilines is 1. The number of hydrogen-bond donors (Lipinski definition) is 2. The van der Waals surface area contributed by atoms with Crippen molar-refractivity contribution in [2.24, 2.45) is 0 Å². The predicted octanol–water partition coefficient (Wildman–Crippen LogP) is 2.49. The van der Waals surface area contributed by atoms with E-state index in [0.717, 1.165) is 12.1 Å². The first-order valence-electron chi connectivity index (χ1n) is 7.21. The second kappa shape index (κ2) is 6.72. The Morgan fingerprint density at radius 2 is 2.05 bits per heavy atom. The van der Waals surface area contributed by atoms with E-state index in [2.05, 4.69) is 10.6 Å². The summed E-state index contributed by atoms with van der Waals surface area (Å²) in [5.41, 5.74) is -0.110. The van der Waals surface area contributed by atoms with Crippen LogP contribution in [0.5, 0.6) is 0 Å². The molecule has 1 aromatic carbocycles. The molecule has 0 bridgehead atoms. The summed E-state index contributed by atoms with van der Waals surface area (Å²) in [4.78, 5) is 25.7. The normalized spacial score (nSPS) is 17.7. The van der Waals surface area contributed by atoms with Crippen molar-refractivity contribution in [2.75, 3.05) is 11.9 Å². The molecular formula is C15H19F2N3O2. The quantitative estimate of drug-likeness (QED) is 0.901. The van der Waals surface area contributed by atoms with Crippen LogP contribution in [0.2, 0.25) is 0 Å². The van der Waals surface area contributed by atoms with Crippen molar-refractivity contribution in [1.82, 2.24) is 10.2 Å². The van der Waals surface area contributed by atoms with Gasteiger partial charge in [-0.05, 0) is 38.8 Å². The van der Waals surface area contributed by atoms with Crippen LogP contribution in [-0.4, -0.2) is 35.5 Å². The summed E-state index contributed by atoms with van der Waals surface area (Å²) >= 11 is 0. The summed E-state index contributed by atoms with van der Waals surface area (Å²) in [6.45, 7) is 4.10. The molecule has 5 nitrogen and oxygen atoms in total. The zero-order chi connectivity index (χ0) is 16.3. The molecule has 7 heteroatoms. The molecule has 22 heavy (non-hydrogen) atoms. The molecule has 2 N–H and O–H groups in total. The van der Waals surface area contributed by atoms with Gasteiger partial charge in [-0.15, -0.1) is 0 Å². The van der Waals surface area contributed by atoms with Crippen LogP contribution in [0.25, 0.3) is 0 Å². The van der Waals surface area contributed by atoms with Crippen LogP contribution in [0, 0.1) is 11.6 Å². The van der Waals surface area contributed by atoms with Crippen molar-refractivity contribution >= 4 is 17.6 Å².